The summed E-state index contributed by atoms with van der Waals surface area (Å²) in [5.41, 5.74) is 6.84. The van der Waals surface area contributed by atoms with Gasteiger partial charge in [-0.1, -0.05) is 11.6 Å². The summed E-state index contributed by atoms with van der Waals surface area (Å²) in [5, 5.41) is 11.5. The van der Waals surface area contributed by atoms with Crippen LogP contribution in [-0.4, -0.2) is 35.9 Å². The molecule has 21 heavy (non-hydrogen) atoms. The lowest BCUT2D eigenvalue weighted by Crippen LogP contribution is -2.41. The number of carbonyl (C=O) groups excluding carboxylic acids is 1. The zero-order valence-corrected chi connectivity index (χ0v) is 11.9. The Morgan fingerprint density at radius 3 is 3.05 bits per heavy atom. The number of hydrogen-bond donors (Lipinski definition) is 3. The van der Waals surface area contributed by atoms with Gasteiger partial charge in [-0.25, -0.2) is 4.39 Å². The number of rotatable bonds is 4. The van der Waals surface area contributed by atoms with Crippen LogP contribution in [0.2, 0.25) is 5.02 Å². The Kier molecular flexibility index (Phi) is 4.93. The minimum Gasteiger partial charge on any atom is -0.398 e. The first-order valence-corrected chi connectivity index (χ1v) is 6.78. The number of nitrogens with two attached hydrogens (primary N) is 1. The molecule has 1 amide bonds. The normalized spacial score (nSPS) is 19.2. The number of nitrogens with one attached hydrogen (secondary N) is 1. The first-order valence-electron chi connectivity index (χ1n) is 6.40. The molecule has 0 aliphatic carbocycles. The number of carbonyl (C=O) groups is 1. The molecule has 0 aromatic heterocycles. The van der Waals surface area contributed by atoms with Gasteiger partial charge in [-0.15, -0.1) is 0 Å². The fraction of sp³-hybridized carbons (Fsp3) is 0.286. The average Bonchev–Trinajstić information content (AvgIpc) is 2.45. The Hall–Kier alpha value is -1.92. The zero-order valence-electron chi connectivity index (χ0n) is 11.1. The molecule has 2 rings (SSSR count). The first kappa shape index (κ1) is 15.5. The van der Waals surface area contributed by atoms with Crippen LogP contribution in [0, 0.1) is 5.82 Å². The van der Waals surface area contributed by atoms with Gasteiger partial charge in [0.15, 0.2) is 0 Å². The van der Waals surface area contributed by atoms with Gasteiger partial charge in [-0.3, -0.25) is 9.79 Å². The van der Waals surface area contributed by atoms with Crippen molar-refractivity contribution in [2.24, 2.45) is 10.7 Å². The third kappa shape index (κ3) is 3.80. The van der Waals surface area contributed by atoms with E-state index in [0.29, 0.717) is 18.5 Å². The number of aliphatic hydroxyl groups excluding tert-OH is 1. The van der Waals surface area contributed by atoms with Gasteiger partial charge in [-0.2, -0.15) is 0 Å². The minimum absolute atomic E-state index is 0.00984. The third-order valence-electron chi connectivity index (χ3n) is 3.06. The van der Waals surface area contributed by atoms with Crippen molar-refractivity contribution >= 4 is 28.9 Å². The van der Waals surface area contributed by atoms with Gasteiger partial charge >= 0.3 is 0 Å². The van der Waals surface area contributed by atoms with E-state index in [1.54, 1.807) is 0 Å². The van der Waals surface area contributed by atoms with Crippen LogP contribution in [0.1, 0.15) is 12.0 Å². The van der Waals surface area contributed by atoms with E-state index in [1.165, 1.54) is 24.3 Å². The van der Waals surface area contributed by atoms with Crippen LogP contribution in [0.25, 0.3) is 5.70 Å². The second kappa shape index (κ2) is 6.69. The molecule has 0 saturated carbocycles. The zero-order chi connectivity index (χ0) is 15.4. The summed E-state index contributed by atoms with van der Waals surface area (Å²) < 4.78 is 13.1. The Bertz CT molecular complexity index is 616. The second-order valence-electron chi connectivity index (χ2n) is 4.62. The monoisotopic (exact) mass is 311 g/mol. The molecule has 1 unspecified atom stereocenters. The molecule has 7 heteroatoms. The molecule has 112 valence electrons. The molecule has 1 heterocycles. The van der Waals surface area contributed by atoms with Crippen LogP contribution in [0.5, 0.6) is 0 Å². The summed E-state index contributed by atoms with van der Waals surface area (Å²) >= 11 is 5.70. The summed E-state index contributed by atoms with van der Waals surface area (Å²) in [4.78, 5) is 16.0. The molecule has 4 N–H and O–H groups in total. The van der Waals surface area contributed by atoms with Crippen LogP contribution >= 0.6 is 11.6 Å². The van der Waals surface area contributed by atoms with E-state index in [4.69, 9.17) is 22.4 Å². The highest BCUT2D eigenvalue weighted by atomic mass is 35.5. The highest BCUT2D eigenvalue weighted by molar-refractivity contribution is 6.44. The van der Waals surface area contributed by atoms with Crippen molar-refractivity contribution in [3.8, 4) is 0 Å². The Labute approximate surface area is 126 Å². The van der Waals surface area contributed by atoms with Crippen LogP contribution < -0.4 is 11.1 Å². The quantitative estimate of drug-likeness (QED) is 0.778. The molecule has 5 nitrogen and oxygen atoms in total. The Morgan fingerprint density at radius 1 is 1.62 bits per heavy atom. The van der Waals surface area contributed by atoms with E-state index >= 15 is 0 Å². The summed E-state index contributed by atoms with van der Waals surface area (Å²) in [6, 6.07) is 3.88. The number of halogens is 2. The van der Waals surface area contributed by atoms with Gasteiger partial charge in [0.2, 0.25) is 0 Å². The summed E-state index contributed by atoms with van der Waals surface area (Å²) in [7, 11) is 0. The largest absolute Gasteiger partial charge is 0.398 e. The molecule has 0 bridgehead atoms. The Balaban J connectivity index is 2.27. The molecule has 1 aliphatic rings. The average molecular weight is 312 g/mol. The van der Waals surface area contributed by atoms with Gasteiger partial charge in [0.05, 0.1) is 11.1 Å². The summed E-state index contributed by atoms with van der Waals surface area (Å²) in [6.07, 6.45) is 1.88. The van der Waals surface area contributed by atoms with E-state index in [9.17, 15) is 9.18 Å². The molecule has 1 atom stereocenters. The van der Waals surface area contributed by atoms with Crippen molar-refractivity contribution in [1.82, 2.24) is 5.32 Å². The topological polar surface area (TPSA) is 87.7 Å². The fourth-order valence-electron chi connectivity index (χ4n) is 1.93. The van der Waals surface area contributed by atoms with Crippen molar-refractivity contribution < 1.29 is 14.3 Å². The van der Waals surface area contributed by atoms with Gasteiger partial charge in [0.1, 0.15) is 11.5 Å². The number of aliphatic hydroxyl groups is 1. The van der Waals surface area contributed by atoms with Gasteiger partial charge in [-0.05, 0) is 36.3 Å². The molecule has 0 radical (unpaired) electrons. The van der Waals surface area contributed by atoms with Crippen molar-refractivity contribution in [3.05, 3.63) is 40.7 Å². The lowest BCUT2D eigenvalue weighted by atomic mass is 10.1. The van der Waals surface area contributed by atoms with E-state index in [2.05, 4.69) is 10.3 Å². The van der Waals surface area contributed by atoms with Crippen molar-refractivity contribution in [3.63, 3.8) is 0 Å². The second-order valence-corrected chi connectivity index (χ2v) is 5.03. The van der Waals surface area contributed by atoms with Crippen LogP contribution in [0.3, 0.4) is 0 Å². The maximum Gasteiger partial charge on any atom is 0.269 e. The van der Waals surface area contributed by atoms with Gasteiger partial charge < -0.3 is 16.2 Å². The maximum absolute atomic E-state index is 13.1. The number of amides is 1. The molecular formula is C14H15ClFN3O2. The lowest BCUT2D eigenvalue weighted by molar-refractivity contribution is -0.115. The molecule has 1 aromatic rings. The fourth-order valence-corrected chi connectivity index (χ4v) is 2.11. The van der Waals surface area contributed by atoms with E-state index in [1.807, 2.05) is 0 Å². The Morgan fingerprint density at radius 2 is 2.38 bits per heavy atom. The molecule has 1 aliphatic heterocycles. The van der Waals surface area contributed by atoms with Crippen LogP contribution in [0.4, 0.5) is 4.39 Å². The maximum atomic E-state index is 13.1. The van der Waals surface area contributed by atoms with E-state index in [-0.39, 0.29) is 35.0 Å². The summed E-state index contributed by atoms with van der Waals surface area (Å²) in [6.45, 7) is 0.378. The molecule has 0 fully saturated rings. The third-order valence-corrected chi connectivity index (χ3v) is 3.35. The van der Waals surface area contributed by atoms with Crippen LogP contribution in [-0.2, 0) is 4.79 Å². The molecular weight excluding hydrogens is 297 g/mol. The minimum atomic E-state index is -0.538. The predicted octanol–water partition coefficient (Wildman–Crippen LogP) is 1.10. The molecule has 1 aromatic carbocycles. The standard InChI is InChI=1S/C14H15ClFN3O2/c15-10-5-8(1-2-11(10)16)12(17)6-13-14(21)18-7-9(19-13)3-4-20/h1-2,5-6,9,20H,3-4,7,17H2,(H,18,21). The number of nitrogens with zero attached hydrogens (tertiary/aromatic N) is 1. The lowest BCUT2D eigenvalue weighted by Gasteiger charge is -2.19. The van der Waals surface area contributed by atoms with Crippen molar-refractivity contribution in [2.75, 3.05) is 13.2 Å². The number of benzene rings is 1. The highest BCUT2D eigenvalue weighted by Crippen LogP contribution is 2.19. The van der Waals surface area contributed by atoms with Crippen molar-refractivity contribution in [1.29, 1.82) is 0 Å². The van der Waals surface area contributed by atoms with Crippen LogP contribution in [0.15, 0.2) is 29.3 Å². The smallest absolute Gasteiger partial charge is 0.269 e. The summed E-state index contributed by atoms with van der Waals surface area (Å²) in [5.74, 6) is -0.871. The van der Waals surface area contributed by atoms with Crippen molar-refractivity contribution in [2.45, 2.75) is 12.5 Å². The van der Waals surface area contributed by atoms with E-state index in [0.717, 1.165) is 0 Å². The van der Waals surface area contributed by atoms with Gasteiger partial charge in [0, 0.05) is 18.8 Å². The molecule has 0 spiro atoms. The predicted molar refractivity (Wildman–Crippen MR) is 79.5 cm³/mol. The van der Waals surface area contributed by atoms with E-state index < -0.39 is 5.82 Å². The number of aliphatic imine (C=N–C) groups is 1. The molecule has 0 saturated heterocycles. The first-order chi connectivity index (χ1) is 10.0. The highest BCUT2D eigenvalue weighted by Gasteiger charge is 2.20. The van der Waals surface area contributed by atoms with Gasteiger partial charge in [0.25, 0.3) is 5.91 Å². The number of hydrogen-bond acceptors (Lipinski definition) is 4. The SMILES string of the molecule is NC(=CC1=NC(CCO)CNC1=O)c1ccc(F)c(Cl)c1.